The number of likely N-dealkylation sites (tertiary alicyclic amines) is 1. The number of sulfonamides is 1. The number of hydrogen-bond acceptors (Lipinski definition) is 4. The molecule has 1 N–H and O–H groups in total. The van der Waals surface area contributed by atoms with Crippen molar-refractivity contribution < 1.29 is 13.2 Å². The van der Waals surface area contributed by atoms with E-state index in [0.717, 1.165) is 25.6 Å². The maximum Gasteiger partial charge on any atom is 0.223 e. The van der Waals surface area contributed by atoms with Gasteiger partial charge in [-0.05, 0) is 45.1 Å². The van der Waals surface area contributed by atoms with E-state index in [2.05, 4.69) is 17.1 Å². The Kier molecular flexibility index (Phi) is 6.85. The lowest BCUT2D eigenvalue weighted by molar-refractivity contribution is -0.126. The Hall–Kier alpha value is -0.660. The zero-order chi connectivity index (χ0) is 16.9. The molecule has 0 spiro atoms. The molecule has 0 bridgehead atoms. The molecule has 0 aromatic carbocycles. The zero-order valence-corrected chi connectivity index (χ0v) is 15.3. The highest BCUT2D eigenvalue weighted by molar-refractivity contribution is 7.89. The van der Waals surface area contributed by atoms with Crippen LogP contribution < -0.4 is 5.32 Å². The van der Waals surface area contributed by atoms with Gasteiger partial charge in [-0.3, -0.25) is 4.79 Å². The van der Waals surface area contributed by atoms with Crippen molar-refractivity contribution in [1.82, 2.24) is 14.5 Å². The van der Waals surface area contributed by atoms with Crippen LogP contribution in [0.4, 0.5) is 0 Å². The van der Waals surface area contributed by atoms with Gasteiger partial charge in [-0.25, -0.2) is 12.7 Å². The van der Waals surface area contributed by atoms with Crippen LogP contribution in [0, 0.1) is 11.8 Å². The van der Waals surface area contributed by atoms with Crippen LogP contribution in [0.2, 0.25) is 0 Å². The highest BCUT2D eigenvalue weighted by Crippen LogP contribution is 2.20. The SMILES string of the molecule is CCS(=O)(=O)N1CCC(C(=O)NCCN2CCC[C@H](C)C2)CC1. The Morgan fingerprint density at radius 3 is 2.48 bits per heavy atom. The van der Waals surface area contributed by atoms with E-state index in [9.17, 15) is 13.2 Å². The van der Waals surface area contributed by atoms with Gasteiger partial charge in [-0.15, -0.1) is 0 Å². The number of amides is 1. The van der Waals surface area contributed by atoms with Crippen molar-refractivity contribution in [2.45, 2.75) is 39.5 Å². The second-order valence-electron chi connectivity index (χ2n) is 6.91. The molecule has 0 saturated carbocycles. The first-order valence-electron chi connectivity index (χ1n) is 8.90. The van der Waals surface area contributed by atoms with E-state index < -0.39 is 10.0 Å². The molecule has 0 radical (unpaired) electrons. The highest BCUT2D eigenvalue weighted by atomic mass is 32.2. The van der Waals surface area contributed by atoms with Gasteiger partial charge in [0.1, 0.15) is 0 Å². The largest absolute Gasteiger partial charge is 0.355 e. The van der Waals surface area contributed by atoms with E-state index in [-0.39, 0.29) is 17.6 Å². The summed E-state index contributed by atoms with van der Waals surface area (Å²) in [6, 6.07) is 0. The van der Waals surface area contributed by atoms with E-state index in [4.69, 9.17) is 0 Å². The first kappa shape index (κ1) is 18.7. The van der Waals surface area contributed by atoms with Crippen molar-refractivity contribution in [2.75, 3.05) is 45.0 Å². The second kappa shape index (κ2) is 8.44. The van der Waals surface area contributed by atoms with Gasteiger partial charge in [0.05, 0.1) is 5.75 Å². The number of hydrogen-bond donors (Lipinski definition) is 1. The number of piperidine rings is 2. The summed E-state index contributed by atoms with van der Waals surface area (Å²) in [6.07, 6.45) is 3.82. The zero-order valence-electron chi connectivity index (χ0n) is 14.5. The summed E-state index contributed by atoms with van der Waals surface area (Å²) in [6.45, 7) is 8.75. The molecule has 0 aromatic rings. The minimum absolute atomic E-state index is 0.0430. The predicted molar refractivity (Wildman–Crippen MR) is 91.6 cm³/mol. The van der Waals surface area contributed by atoms with Gasteiger partial charge in [-0.2, -0.15) is 0 Å². The number of carbonyl (C=O) groups excluding carboxylic acids is 1. The van der Waals surface area contributed by atoms with Crippen molar-refractivity contribution in [1.29, 1.82) is 0 Å². The van der Waals surface area contributed by atoms with E-state index in [1.807, 2.05) is 0 Å². The lowest BCUT2D eigenvalue weighted by atomic mass is 9.97. The van der Waals surface area contributed by atoms with E-state index >= 15 is 0 Å². The monoisotopic (exact) mass is 345 g/mol. The summed E-state index contributed by atoms with van der Waals surface area (Å²) in [5.41, 5.74) is 0. The normalized spacial score (nSPS) is 25.4. The van der Waals surface area contributed by atoms with Crippen LogP contribution in [0.1, 0.15) is 39.5 Å². The molecule has 2 saturated heterocycles. The Bertz CT molecular complexity index is 487. The highest BCUT2D eigenvalue weighted by Gasteiger charge is 2.30. The molecular weight excluding hydrogens is 314 g/mol. The van der Waals surface area contributed by atoms with Crippen LogP contribution in [0.25, 0.3) is 0 Å². The summed E-state index contributed by atoms with van der Waals surface area (Å²) in [5, 5.41) is 3.03. The van der Waals surface area contributed by atoms with Gasteiger partial charge in [0.2, 0.25) is 15.9 Å². The Morgan fingerprint density at radius 2 is 1.87 bits per heavy atom. The molecule has 2 fully saturated rings. The molecule has 1 atom stereocenters. The molecular formula is C16H31N3O3S. The number of carbonyl (C=O) groups is 1. The Morgan fingerprint density at radius 1 is 1.17 bits per heavy atom. The van der Waals surface area contributed by atoms with Crippen LogP contribution in [0.15, 0.2) is 0 Å². The summed E-state index contributed by atoms with van der Waals surface area (Å²) < 4.78 is 25.2. The summed E-state index contributed by atoms with van der Waals surface area (Å²) in [5.74, 6) is 0.935. The molecule has 0 aliphatic carbocycles. The molecule has 134 valence electrons. The fourth-order valence-corrected chi connectivity index (χ4v) is 4.68. The molecule has 6 nitrogen and oxygen atoms in total. The van der Waals surface area contributed by atoms with E-state index in [1.54, 1.807) is 6.92 Å². The molecule has 23 heavy (non-hydrogen) atoms. The van der Waals surface area contributed by atoms with Gasteiger partial charge in [-0.1, -0.05) is 6.92 Å². The van der Waals surface area contributed by atoms with E-state index in [0.29, 0.717) is 32.5 Å². The number of rotatable bonds is 6. The first-order valence-corrected chi connectivity index (χ1v) is 10.5. The van der Waals surface area contributed by atoms with Gasteiger partial charge in [0.15, 0.2) is 0 Å². The molecule has 7 heteroatoms. The van der Waals surface area contributed by atoms with Crippen molar-refractivity contribution in [3.8, 4) is 0 Å². The smallest absolute Gasteiger partial charge is 0.223 e. The lowest BCUT2D eigenvalue weighted by Gasteiger charge is -2.32. The van der Waals surface area contributed by atoms with Crippen LogP contribution in [-0.4, -0.2) is 68.6 Å². The van der Waals surface area contributed by atoms with Crippen molar-refractivity contribution >= 4 is 15.9 Å². The molecule has 0 unspecified atom stereocenters. The van der Waals surface area contributed by atoms with Crippen LogP contribution in [0.5, 0.6) is 0 Å². The summed E-state index contributed by atoms with van der Waals surface area (Å²) in [7, 11) is -3.11. The fraction of sp³-hybridized carbons (Fsp3) is 0.938. The molecule has 2 heterocycles. The molecule has 2 rings (SSSR count). The third-order valence-electron chi connectivity index (χ3n) is 5.05. The maximum absolute atomic E-state index is 12.2. The average Bonchev–Trinajstić information content (AvgIpc) is 2.55. The fourth-order valence-electron chi connectivity index (χ4n) is 3.55. The van der Waals surface area contributed by atoms with Gasteiger partial charge in [0.25, 0.3) is 0 Å². The minimum atomic E-state index is -3.11. The second-order valence-corrected chi connectivity index (χ2v) is 9.17. The van der Waals surface area contributed by atoms with Crippen molar-refractivity contribution in [2.24, 2.45) is 11.8 Å². The standard InChI is InChI=1S/C16H31N3O3S/c1-3-23(21,22)19-10-6-15(7-11-19)16(20)17-8-12-18-9-4-5-14(2)13-18/h14-15H,3-13H2,1-2H3,(H,17,20)/t14-/m0/s1. The molecule has 2 aliphatic heterocycles. The molecule has 0 aromatic heterocycles. The van der Waals surface area contributed by atoms with Crippen molar-refractivity contribution in [3.63, 3.8) is 0 Å². The predicted octanol–water partition coefficient (Wildman–Crippen LogP) is 0.896. The first-order chi connectivity index (χ1) is 10.9. The average molecular weight is 346 g/mol. The number of nitrogens with one attached hydrogen (secondary N) is 1. The van der Waals surface area contributed by atoms with Crippen LogP contribution in [-0.2, 0) is 14.8 Å². The topological polar surface area (TPSA) is 69.7 Å². The third kappa shape index (κ3) is 5.43. The maximum atomic E-state index is 12.2. The Labute approximate surface area is 140 Å². The quantitative estimate of drug-likeness (QED) is 0.776. The summed E-state index contributed by atoms with van der Waals surface area (Å²) >= 11 is 0. The van der Waals surface area contributed by atoms with Gasteiger partial charge < -0.3 is 10.2 Å². The lowest BCUT2D eigenvalue weighted by Crippen LogP contribution is -2.45. The van der Waals surface area contributed by atoms with Crippen molar-refractivity contribution in [3.05, 3.63) is 0 Å². The van der Waals surface area contributed by atoms with Crippen LogP contribution in [0.3, 0.4) is 0 Å². The minimum Gasteiger partial charge on any atom is -0.355 e. The van der Waals surface area contributed by atoms with Crippen LogP contribution >= 0.6 is 0 Å². The van der Waals surface area contributed by atoms with E-state index in [1.165, 1.54) is 17.1 Å². The molecule has 2 aliphatic rings. The Balaban J connectivity index is 1.67. The summed E-state index contributed by atoms with van der Waals surface area (Å²) in [4.78, 5) is 14.7. The van der Waals surface area contributed by atoms with Gasteiger partial charge >= 0.3 is 0 Å². The number of nitrogens with zero attached hydrogens (tertiary/aromatic N) is 2. The van der Waals surface area contributed by atoms with Gasteiger partial charge in [0, 0.05) is 38.6 Å². The molecule has 1 amide bonds. The third-order valence-corrected chi connectivity index (χ3v) is 6.93.